The van der Waals surface area contributed by atoms with Crippen LogP contribution in [-0.2, 0) is 21.7 Å². The van der Waals surface area contributed by atoms with Crippen molar-refractivity contribution in [3.63, 3.8) is 0 Å². The topological polar surface area (TPSA) is 130 Å². The van der Waals surface area contributed by atoms with Crippen LogP contribution in [0.15, 0.2) is 71.3 Å². The molecule has 1 fully saturated rings. The molecule has 0 radical (unpaired) electrons. The maximum atomic E-state index is 12.0. The molecule has 1 aliphatic carbocycles. The van der Waals surface area contributed by atoms with E-state index in [2.05, 4.69) is 19.1 Å². The zero-order valence-electron chi connectivity index (χ0n) is 24.1. The van der Waals surface area contributed by atoms with Crippen LogP contribution >= 0.6 is 0 Å². The van der Waals surface area contributed by atoms with Crippen molar-refractivity contribution in [3.05, 3.63) is 84.1 Å². The van der Waals surface area contributed by atoms with Gasteiger partial charge in [-0.3, -0.25) is 9.59 Å². The predicted octanol–water partition coefficient (Wildman–Crippen LogP) is 5.47. The van der Waals surface area contributed by atoms with Crippen LogP contribution in [0.1, 0.15) is 68.6 Å². The highest BCUT2D eigenvalue weighted by atomic mass is 16.5. The minimum Gasteiger partial charge on any atom is -0.493 e. The van der Waals surface area contributed by atoms with Gasteiger partial charge < -0.3 is 29.0 Å². The van der Waals surface area contributed by atoms with Gasteiger partial charge in [0, 0.05) is 12.3 Å². The van der Waals surface area contributed by atoms with E-state index >= 15 is 0 Å². The zero-order chi connectivity index (χ0) is 29.7. The molecule has 0 amide bonds. The van der Waals surface area contributed by atoms with E-state index in [4.69, 9.17) is 19.4 Å². The molecule has 1 atom stereocenters. The van der Waals surface area contributed by atoms with Gasteiger partial charge in [0.15, 0.2) is 11.4 Å². The van der Waals surface area contributed by atoms with E-state index in [9.17, 15) is 14.7 Å². The van der Waals surface area contributed by atoms with Gasteiger partial charge in [0.05, 0.1) is 46.3 Å². The molecule has 1 saturated carbocycles. The van der Waals surface area contributed by atoms with Gasteiger partial charge in [0.25, 0.3) is 0 Å². The van der Waals surface area contributed by atoms with E-state index in [-0.39, 0.29) is 18.8 Å². The molecular weight excluding hydrogens is 524 g/mol. The number of rotatable bonds is 13. The van der Waals surface area contributed by atoms with Gasteiger partial charge in [-0.1, -0.05) is 67.8 Å². The second-order valence-corrected chi connectivity index (χ2v) is 11.2. The van der Waals surface area contributed by atoms with Crippen molar-refractivity contribution in [2.24, 2.45) is 5.92 Å². The molecule has 222 valence electrons. The molecule has 3 aromatic rings. The number of oxazole rings is 1. The lowest BCUT2D eigenvalue weighted by molar-refractivity contribution is -0.904. The molecule has 4 rings (SSSR count). The Balaban J connectivity index is 0.000000507. The van der Waals surface area contributed by atoms with E-state index in [1.807, 2.05) is 60.7 Å². The van der Waals surface area contributed by atoms with Crippen molar-refractivity contribution >= 4 is 11.9 Å². The molecule has 1 heterocycles. The molecule has 2 aromatic carbocycles. The van der Waals surface area contributed by atoms with Crippen LogP contribution in [0.5, 0.6) is 5.75 Å². The van der Waals surface area contributed by atoms with Crippen molar-refractivity contribution in [1.29, 1.82) is 0 Å². The minimum absolute atomic E-state index is 0.123. The van der Waals surface area contributed by atoms with E-state index < -0.39 is 17.5 Å². The molecule has 1 aliphatic rings. The molecule has 0 spiro atoms. The fraction of sp³-hybridized carbons (Fsp3) is 0.469. The van der Waals surface area contributed by atoms with Gasteiger partial charge in [0.2, 0.25) is 5.89 Å². The van der Waals surface area contributed by atoms with E-state index in [0.29, 0.717) is 19.0 Å². The summed E-state index contributed by atoms with van der Waals surface area (Å²) in [5.74, 6) is 0.121. The molecule has 41 heavy (non-hydrogen) atoms. The van der Waals surface area contributed by atoms with E-state index in [1.54, 1.807) is 6.20 Å². The number of carbonyl (C=O) groups is 2. The van der Waals surface area contributed by atoms with Crippen molar-refractivity contribution in [2.75, 3.05) is 27.2 Å². The van der Waals surface area contributed by atoms with Gasteiger partial charge in [-0.2, -0.15) is 0 Å². The van der Waals surface area contributed by atoms with Crippen LogP contribution < -0.4 is 4.74 Å². The number of hydrogen-bond acceptors (Lipinski definition) is 6. The molecular formula is C32H43N2O7+. The van der Waals surface area contributed by atoms with E-state index in [1.165, 1.54) is 6.42 Å². The highest BCUT2D eigenvalue weighted by molar-refractivity contribution is 5.75. The Bertz CT molecular complexity index is 1190. The molecule has 0 aliphatic heterocycles. The largest absolute Gasteiger partial charge is 0.493 e. The number of para-hydroxylation sites is 1. The number of aliphatic carboxylic acids is 2. The van der Waals surface area contributed by atoms with Crippen molar-refractivity contribution in [3.8, 4) is 5.75 Å². The Hall–Kier alpha value is -3.69. The SMILES string of the molecule is C[N+](C)(CCCOc1ccccc1)Cc1cnc(C(O)(c2ccccc2)C2CCCCC2)o1.O=C(O)CCC(=O)O. The summed E-state index contributed by atoms with van der Waals surface area (Å²) < 4.78 is 12.9. The summed E-state index contributed by atoms with van der Waals surface area (Å²) in [7, 11) is 4.38. The van der Waals surface area contributed by atoms with Gasteiger partial charge in [-0.15, -0.1) is 0 Å². The first-order chi connectivity index (χ1) is 19.6. The first-order valence-corrected chi connectivity index (χ1v) is 14.3. The van der Waals surface area contributed by atoms with Crippen LogP contribution in [0.2, 0.25) is 0 Å². The Labute approximate surface area is 242 Å². The average molecular weight is 568 g/mol. The summed E-state index contributed by atoms with van der Waals surface area (Å²) >= 11 is 0. The lowest BCUT2D eigenvalue weighted by Gasteiger charge is -2.36. The molecule has 0 bridgehead atoms. The third-order valence-corrected chi connectivity index (χ3v) is 7.35. The maximum Gasteiger partial charge on any atom is 0.303 e. The Kier molecular flexibility index (Phi) is 11.9. The lowest BCUT2D eigenvalue weighted by Crippen LogP contribution is -2.40. The third-order valence-electron chi connectivity index (χ3n) is 7.35. The summed E-state index contributed by atoms with van der Waals surface area (Å²) in [6.07, 6.45) is 7.65. The number of carboxylic acid groups (broad SMARTS) is 2. The van der Waals surface area contributed by atoms with Crippen LogP contribution in [0.3, 0.4) is 0 Å². The quantitative estimate of drug-likeness (QED) is 0.183. The zero-order valence-corrected chi connectivity index (χ0v) is 24.1. The Morgan fingerprint density at radius 3 is 2.12 bits per heavy atom. The highest BCUT2D eigenvalue weighted by Gasteiger charge is 2.44. The highest BCUT2D eigenvalue weighted by Crippen LogP contribution is 2.43. The predicted molar refractivity (Wildman–Crippen MR) is 154 cm³/mol. The number of ether oxygens (including phenoxy) is 1. The van der Waals surface area contributed by atoms with Gasteiger partial charge in [-0.05, 0) is 30.5 Å². The normalized spacial score (nSPS) is 15.3. The summed E-state index contributed by atoms with van der Waals surface area (Å²) in [6.45, 7) is 2.35. The standard InChI is InChI=1S/C28H37N2O3.C4H6O4/c1-30(2,19-12-20-32-25-17-10-5-11-18-25)22-26-21-29-27(33-26)28(31,23-13-6-3-7-14-23)24-15-8-4-9-16-24;5-3(6)1-2-4(7)8/h3,5-7,10-11,13-14,17-18,21,24,31H,4,8-9,12,15-16,19-20,22H2,1-2H3;1-2H2,(H,5,6)(H,7,8)/q+1;. The number of aliphatic hydroxyl groups is 1. The number of carboxylic acids is 2. The summed E-state index contributed by atoms with van der Waals surface area (Å²) in [5, 5.41) is 27.8. The second kappa shape index (κ2) is 15.3. The lowest BCUT2D eigenvalue weighted by atomic mass is 9.73. The maximum absolute atomic E-state index is 12.0. The molecule has 1 unspecified atom stereocenters. The van der Waals surface area contributed by atoms with Gasteiger partial charge in [0.1, 0.15) is 12.3 Å². The van der Waals surface area contributed by atoms with Crippen LogP contribution in [0.25, 0.3) is 0 Å². The Morgan fingerprint density at radius 2 is 1.54 bits per heavy atom. The fourth-order valence-electron chi connectivity index (χ4n) is 5.22. The number of hydrogen-bond donors (Lipinski definition) is 3. The monoisotopic (exact) mass is 567 g/mol. The molecule has 3 N–H and O–H groups in total. The van der Waals surface area contributed by atoms with E-state index in [0.717, 1.165) is 60.2 Å². The first kappa shape index (κ1) is 31.8. The number of benzene rings is 2. The molecule has 0 saturated heterocycles. The minimum atomic E-state index is -1.18. The van der Waals surface area contributed by atoms with Crippen LogP contribution in [-0.4, -0.2) is 64.0 Å². The van der Waals surface area contributed by atoms with Crippen LogP contribution in [0, 0.1) is 5.92 Å². The van der Waals surface area contributed by atoms with Crippen molar-refractivity contribution in [2.45, 2.75) is 63.5 Å². The van der Waals surface area contributed by atoms with Crippen molar-refractivity contribution < 1.29 is 38.5 Å². The average Bonchev–Trinajstić information content (AvgIpc) is 3.44. The number of quaternary nitrogens is 1. The number of aromatic nitrogens is 1. The smallest absolute Gasteiger partial charge is 0.303 e. The molecule has 1 aromatic heterocycles. The van der Waals surface area contributed by atoms with Crippen molar-refractivity contribution in [1.82, 2.24) is 4.98 Å². The summed E-state index contributed by atoms with van der Waals surface area (Å²) in [6, 6.07) is 19.8. The summed E-state index contributed by atoms with van der Waals surface area (Å²) in [4.78, 5) is 23.9. The van der Waals surface area contributed by atoms with Gasteiger partial charge >= 0.3 is 11.9 Å². The summed E-state index contributed by atoms with van der Waals surface area (Å²) in [5.41, 5.74) is -0.308. The third kappa shape index (κ3) is 10.0. The first-order valence-electron chi connectivity index (χ1n) is 14.3. The van der Waals surface area contributed by atoms with Gasteiger partial charge in [-0.25, -0.2) is 4.98 Å². The second-order valence-electron chi connectivity index (χ2n) is 11.2. The number of nitrogens with zero attached hydrogens (tertiary/aromatic N) is 2. The van der Waals surface area contributed by atoms with Crippen LogP contribution in [0.4, 0.5) is 0 Å². The molecule has 9 heteroatoms. The molecule has 9 nitrogen and oxygen atoms in total. The fourth-order valence-corrected chi connectivity index (χ4v) is 5.22. The Morgan fingerprint density at radius 1 is 0.951 bits per heavy atom.